The highest BCUT2D eigenvalue weighted by atomic mass is 16.2. The number of aromatic nitrogens is 3. The molecule has 0 radical (unpaired) electrons. The zero-order valence-electron chi connectivity index (χ0n) is 14.1. The minimum atomic E-state index is -0.265. The average Bonchev–Trinajstić information content (AvgIpc) is 3.28. The molecule has 1 N–H and O–H groups in total. The van der Waals surface area contributed by atoms with Crippen molar-refractivity contribution in [1.29, 1.82) is 0 Å². The first-order valence-electron chi connectivity index (χ1n) is 8.24. The number of nitrogens with one attached hydrogen (secondary N) is 1. The maximum atomic E-state index is 12.9. The number of carbonyl (C=O) groups excluding carboxylic acids is 1. The van der Waals surface area contributed by atoms with E-state index >= 15 is 0 Å². The summed E-state index contributed by atoms with van der Waals surface area (Å²) in [6.07, 6.45) is 2.04. The SMILES string of the molecule is Cc1ccc2cc(C)c3nn(CC(=O)NC4CC4)c(=O)n3c2c1C. The van der Waals surface area contributed by atoms with E-state index in [1.807, 2.05) is 32.9 Å². The second-order valence-corrected chi connectivity index (χ2v) is 6.71. The van der Waals surface area contributed by atoms with Crippen LogP contribution in [0.25, 0.3) is 16.6 Å². The van der Waals surface area contributed by atoms with Gasteiger partial charge < -0.3 is 5.32 Å². The molecule has 2 heterocycles. The molecular weight excluding hydrogens is 304 g/mol. The van der Waals surface area contributed by atoms with Crippen LogP contribution in [-0.2, 0) is 11.3 Å². The lowest BCUT2D eigenvalue weighted by Crippen LogP contribution is -2.33. The molecule has 1 saturated carbocycles. The number of rotatable bonds is 3. The summed E-state index contributed by atoms with van der Waals surface area (Å²) in [7, 11) is 0. The Hall–Kier alpha value is -2.63. The van der Waals surface area contributed by atoms with Gasteiger partial charge in [-0.3, -0.25) is 4.79 Å². The molecule has 0 aliphatic heterocycles. The van der Waals surface area contributed by atoms with E-state index in [-0.39, 0.29) is 24.2 Å². The summed E-state index contributed by atoms with van der Waals surface area (Å²) in [4.78, 5) is 24.9. The van der Waals surface area contributed by atoms with Gasteiger partial charge in [-0.2, -0.15) is 0 Å². The topological polar surface area (TPSA) is 68.4 Å². The Labute approximate surface area is 139 Å². The Morgan fingerprint density at radius 1 is 1.25 bits per heavy atom. The highest BCUT2D eigenvalue weighted by molar-refractivity contribution is 5.87. The van der Waals surface area contributed by atoms with Crippen LogP contribution in [0, 0.1) is 20.8 Å². The summed E-state index contributed by atoms with van der Waals surface area (Å²) in [5.74, 6) is -0.155. The number of nitrogens with zero attached hydrogens (tertiary/aromatic N) is 3. The van der Waals surface area contributed by atoms with Crippen molar-refractivity contribution in [3.63, 3.8) is 0 Å². The van der Waals surface area contributed by atoms with E-state index in [4.69, 9.17) is 0 Å². The summed E-state index contributed by atoms with van der Waals surface area (Å²) in [6.45, 7) is 5.93. The third-order valence-electron chi connectivity index (χ3n) is 4.76. The van der Waals surface area contributed by atoms with Crippen LogP contribution < -0.4 is 11.0 Å². The predicted octanol–water partition coefficient (Wildman–Crippen LogP) is 1.85. The molecule has 0 spiro atoms. The zero-order valence-corrected chi connectivity index (χ0v) is 14.1. The van der Waals surface area contributed by atoms with Gasteiger partial charge in [0.1, 0.15) is 6.54 Å². The van der Waals surface area contributed by atoms with Gasteiger partial charge in [-0.1, -0.05) is 12.1 Å². The number of hydrogen-bond donors (Lipinski definition) is 1. The first kappa shape index (κ1) is 14.9. The Kier molecular flexibility index (Phi) is 3.23. The highest BCUT2D eigenvalue weighted by Gasteiger charge is 2.24. The molecule has 4 rings (SSSR count). The zero-order chi connectivity index (χ0) is 17.0. The standard InChI is InChI=1S/C18H20N4O2/c1-10-4-5-13-8-11(2)17-20-21(9-15(23)19-14-6-7-14)18(24)22(17)16(13)12(10)3/h4-5,8,14H,6-7,9H2,1-3H3,(H,19,23). The fraction of sp³-hybridized carbons (Fsp3) is 0.389. The molecule has 6 heteroatoms. The second kappa shape index (κ2) is 5.19. The number of fused-ring (bicyclic) bond motifs is 3. The molecule has 0 saturated heterocycles. The molecular formula is C18H20N4O2. The molecule has 0 bridgehead atoms. The van der Waals surface area contributed by atoms with Crippen molar-refractivity contribution in [3.8, 4) is 0 Å². The lowest BCUT2D eigenvalue weighted by molar-refractivity contribution is -0.122. The molecule has 1 aliphatic rings. The summed E-state index contributed by atoms with van der Waals surface area (Å²) in [6, 6.07) is 6.39. The van der Waals surface area contributed by atoms with E-state index in [2.05, 4.69) is 16.5 Å². The van der Waals surface area contributed by atoms with Crippen LogP contribution in [0.3, 0.4) is 0 Å². The van der Waals surface area contributed by atoms with Crippen molar-refractivity contribution in [2.24, 2.45) is 0 Å². The summed E-state index contributed by atoms with van der Waals surface area (Å²) >= 11 is 0. The van der Waals surface area contributed by atoms with E-state index in [0.717, 1.165) is 40.4 Å². The molecule has 6 nitrogen and oxygen atoms in total. The number of carbonyl (C=O) groups is 1. The fourth-order valence-corrected chi connectivity index (χ4v) is 3.14. The van der Waals surface area contributed by atoms with Crippen molar-refractivity contribution < 1.29 is 4.79 Å². The van der Waals surface area contributed by atoms with Gasteiger partial charge in [0.25, 0.3) is 0 Å². The largest absolute Gasteiger partial charge is 0.352 e. The molecule has 3 aromatic rings. The van der Waals surface area contributed by atoms with Gasteiger partial charge in [0.05, 0.1) is 5.52 Å². The number of benzene rings is 1. The van der Waals surface area contributed by atoms with Crippen LogP contribution in [0.15, 0.2) is 23.0 Å². The Balaban J connectivity index is 1.92. The van der Waals surface area contributed by atoms with Crippen LogP contribution in [0.5, 0.6) is 0 Å². The van der Waals surface area contributed by atoms with E-state index in [1.54, 1.807) is 4.40 Å². The maximum absolute atomic E-state index is 12.9. The summed E-state index contributed by atoms with van der Waals surface area (Å²) in [5, 5.41) is 8.31. The predicted molar refractivity (Wildman–Crippen MR) is 92.3 cm³/mol. The molecule has 0 atom stereocenters. The van der Waals surface area contributed by atoms with Crippen molar-refractivity contribution >= 4 is 22.5 Å². The van der Waals surface area contributed by atoms with E-state index in [1.165, 1.54) is 4.68 Å². The van der Waals surface area contributed by atoms with Crippen molar-refractivity contribution in [3.05, 3.63) is 45.4 Å². The van der Waals surface area contributed by atoms with Gasteiger partial charge in [0, 0.05) is 6.04 Å². The van der Waals surface area contributed by atoms with Gasteiger partial charge in [0.2, 0.25) is 5.91 Å². The number of pyridine rings is 1. The van der Waals surface area contributed by atoms with Crippen molar-refractivity contribution in [1.82, 2.24) is 19.5 Å². The molecule has 24 heavy (non-hydrogen) atoms. The van der Waals surface area contributed by atoms with E-state index in [9.17, 15) is 9.59 Å². The minimum absolute atomic E-state index is 0.0389. The maximum Gasteiger partial charge on any atom is 0.351 e. The lowest BCUT2D eigenvalue weighted by atomic mass is 10.0. The molecule has 1 amide bonds. The number of amides is 1. The molecule has 124 valence electrons. The molecule has 0 unspecified atom stereocenters. The highest BCUT2D eigenvalue weighted by Crippen LogP contribution is 2.24. The van der Waals surface area contributed by atoms with E-state index in [0.29, 0.717) is 5.65 Å². The van der Waals surface area contributed by atoms with Crippen molar-refractivity contribution in [2.45, 2.75) is 46.2 Å². The van der Waals surface area contributed by atoms with E-state index < -0.39 is 0 Å². The number of hydrogen-bond acceptors (Lipinski definition) is 3. The van der Waals surface area contributed by atoms with Gasteiger partial charge in [0.15, 0.2) is 5.65 Å². The normalized spacial score (nSPS) is 14.5. The average molecular weight is 324 g/mol. The fourth-order valence-electron chi connectivity index (χ4n) is 3.14. The second-order valence-electron chi connectivity index (χ2n) is 6.71. The summed E-state index contributed by atoms with van der Waals surface area (Å²) < 4.78 is 2.90. The van der Waals surface area contributed by atoms with Crippen molar-refractivity contribution in [2.75, 3.05) is 0 Å². The van der Waals surface area contributed by atoms with Gasteiger partial charge in [-0.25, -0.2) is 13.9 Å². The molecule has 1 aromatic carbocycles. The quantitative estimate of drug-likeness (QED) is 0.799. The van der Waals surface area contributed by atoms with Crippen LogP contribution in [0.1, 0.15) is 29.5 Å². The molecule has 2 aromatic heterocycles. The smallest absolute Gasteiger partial charge is 0.351 e. The minimum Gasteiger partial charge on any atom is -0.352 e. The Morgan fingerprint density at radius 3 is 2.71 bits per heavy atom. The third-order valence-corrected chi connectivity index (χ3v) is 4.76. The Bertz CT molecular complexity index is 1040. The first-order valence-corrected chi connectivity index (χ1v) is 8.24. The van der Waals surface area contributed by atoms with Gasteiger partial charge >= 0.3 is 5.69 Å². The number of aryl methyl sites for hydroxylation is 3. The van der Waals surface area contributed by atoms with Crippen LogP contribution >= 0.6 is 0 Å². The molecule has 1 aliphatic carbocycles. The van der Waals surface area contributed by atoms with Crippen LogP contribution in [0.4, 0.5) is 0 Å². The molecule has 1 fully saturated rings. The van der Waals surface area contributed by atoms with Gasteiger partial charge in [-0.05, 0) is 61.8 Å². The van der Waals surface area contributed by atoms with Crippen LogP contribution in [0.2, 0.25) is 0 Å². The summed E-state index contributed by atoms with van der Waals surface area (Å²) in [5.41, 5.74) is 4.32. The lowest BCUT2D eigenvalue weighted by Gasteiger charge is -2.08. The van der Waals surface area contributed by atoms with Crippen LogP contribution in [-0.4, -0.2) is 26.1 Å². The monoisotopic (exact) mass is 324 g/mol. The third kappa shape index (κ3) is 2.29. The van der Waals surface area contributed by atoms with Gasteiger partial charge in [-0.15, -0.1) is 5.10 Å². The first-order chi connectivity index (χ1) is 11.5. The Morgan fingerprint density at radius 2 is 2.00 bits per heavy atom.